The maximum absolute atomic E-state index is 13.8. The topological polar surface area (TPSA) is 47.0 Å². The minimum absolute atomic E-state index is 0.184. The first-order valence-corrected chi connectivity index (χ1v) is 6.98. The molecule has 2 aromatic rings. The summed E-state index contributed by atoms with van der Waals surface area (Å²) in [5, 5.41) is 12.3. The summed E-state index contributed by atoms with van der Waals surface area (Å²) in [6, 6.07) is 5.03. The van der Waals surface area contributed by atoms with Gasteiger partial charge in [-0.3, -0.25) is 0 Å². The number of hydrogen-bond donors (Lipinski definition) is 1. The van der Waals surface area contributed by atoms with Crippen LogP contribution in [0.25, 0.3) is 0 Å². The van der Waals surface area contributed by atoms with Crippen LogP contribution >= 0.6 is 11.3 Å². The molecule has 1 aromatic carbocycles. The van der Waals surface area contributed by atoms with E-state index in [1.807, 2.05) is 0 Å². The van der Waals surface area contributed by atoms with E-state index in [2.05, 4.69) is 22.4 Å². The first kappa shape index (κ1) is 13.9. The monoisotopic (exact) mass is 281 g/mol. The van der Waals surface area contributed by atoms with Crippen LogP contribution in [0.5, 0.6) is 10.9 Å². The molecule has 0 aliphatic heterocycles. The van der Waals surface area contributed by atoms with Gasteiger partial charge in [-0.25, -0.2) is 4.39 Å². The lowest BCUT2D eigenvalue weighted by Gasteiger charge is -2.03. The van der Waals surface area contributed by atoms with E-state index in [0.717, 1.165) is 18.0 Å². The number of ether oxygens (including phenoxy) is 1. The van der Waals surface area contributed by atoms with Crippen molar-refractivity contribution >= 4 is 11.3 Å². The summed E-state index contributed by atoms with van der Waals surface area (Å²) < 4.78 is 19.2. The number of hydrogen-bond acceptors (Lipinski definition) is 5. The molecule has 0 saturated heterocycles. The summed E-state index contributed by atoms with van der Waals surface area (Å²) in [6.45, 7) is 5.39. The highest BCUT2D eigenvalue weighted by Crippen LogP contribution is 2.28. The second kappa shape index (κ2) is 6.58. The summed E-state index contributed by atoms with van der Waals surface area (Å²) in [7, 11) is 0. The molecule has 6 heteroatoms. The summed E-state index contributed by atoms with van der Waals surface area (Å²) in [5.74, 6) is -0.174. The van der Waals surface area contributed by atoms with Crippen LogP contribution in [0, 0.1) is 12.7 Å². The zero-order valence-electron chi connectivity index (χ0n) is 10.9. The number of aromatic nitrogens is 2. The number of benzene rings is 1. The van der Waals surface area contributed by atoms with E-state index in [1.165, 1.54) is 11.3 Å². The van der Waals surface area contributed by atoms with Crippen molar-refractivity contribution < 1.29 is 9.13 Å². The van der Waals surface area contributed by atoms with Crippen molar-refractivity contribution in [2.45, 2.75) is 26.8 Å². The Morgan fingerprint density at radius 3 is 3.00 bits per heavy atom. The van der Waals surface area contributed by atoms with E-state index in [-0.39, 0.29) is 11.6 Å². The first-order chi connectivity index (χ1) is 9.20. The standard InChI is InChI=1S/C13H16FN3OS/c1-3-7-15-8-11-16-17-13(19-11)18-10-6-4-5-9(2)12(10)14/h4-6,15H,3,7-8H2,1-2H3. The van der Waals surface area contributed by atoms with Crippen molar-refractivity contribution in [2.24, 2.45) is 0 Å². The average Bonchev–Trinajstić information content (AvgIpc) is 2.83. The fraction of sp³-hybridized carbons (Fsp3) is 0.385. The minimum Gasteiger partial charge on any atom is -0.427 e. The number of nitrogens with one attached hydrogen (secondary N) is 1. The van der Waals surface area contributed by atoms with Crippen LogP contribution in [0.2, 0.25) is 0 Å². The Labute approximate surface area is 115 Å². The van der Waals surface area contributed by atoms with E-state index < -0.39 is 0 Å². The molecule has 0 bridgehead atoms. The van der Waals surface area contributed by atoms with Crippen molar-refractivity contribution in [1.82, 2.24) is 15.5 Å². The van der Waals surface area contributed by atoms with Gasteiger partial charge in [0.05, 0.1) is 0 Å². The summed E-state index contributed by atoms with van der Waals surface area (Å²) in [4.78, 5) is 0. The molecular formula is C13H16FN3OS. The van der Waals surface area contributed by atoms with Gasteiger partial charge in [0.15, 0.2) is 11.6 Å². The lowest BCUT2D eigenvalue weighted by molar-refractivity contribution is 0.433. The number of halogens is 1. The Kier molecular flexibility index (Phi) is 4.81. The molecule has 102 valence electrons. The maximum atomic E-state index is 13.8. The Bertz CT molecular complexity index is 544. The third kappa shape index (κ3) is 3.71. The molecule has 0 aliphatic rings. The molecule has 1 heterocycles. The molecule has 0 spiro atoms. The average molecular weight is 281 g/mol. The zero-order valence-corrected chi connectivity index (χ0v) is 11.8. The van der Waals surface area contributed by atoms with E-state index in [0.29, 0.717) is 17.3 Å². The summed E-state index contributed by atoms with van der Waals surface area (Å²) in [6.07, 6.45) is 1.07. The van der Waals surface area contributed by atoms with Crippen molar-refractivity contribution in [3.63, 3.8) is 0 Å². The molecule has 0 atom stereocenters. The highest BCUT2D eigenvalue weighted by atomic mass is 32.1. The van der Waals surface area contributed by atoms with E-state index in [9.17, 15) is 4.39 Å². The van der Waals surface area contributed by atoms with Crippen LogP contribution in [0.1, 0.15) is 23.9 Å². The van der Waals surface area contributed by atoms with Crippen LogP contribution in [-0.4, -0.2) is 16.7 Å². The fourth-order valence-electron chi connectivity index (χ4n) is 1.52. The van der Waals surface area contributed by atoms with Gasteiger partial charge in [0.25, 0.3) is 5.19 Å². The Hall–Kier alpha value is -1.53. The molecule has 0 radical (unpaired) electrons. The van der Waals surface area contributed by atoms with E-state index in [1.54, 1.807) is 25.1 Å². The van der Waals surface area contributed by atoms with Gasteiger partial charge in [-0.05, 0) is 31.5 Å². The predicted molar refractivity (Wildman–Crippen MR) is 73.1 cm³/mol. The van der Waals surface area contributed by atoms with Crippen LogP contribution in [0.15, 0.2) is 18.2 Å². The van der Waals surface area contributed by atoms with Crippen molar-refractivity contribution in [2.75, 3.05) is 6.54 Å². The lowest BCUT2D eigenvalue weighted by Crippen LogP contribution is -2.13. The van der Waals surface area contributed by atoms with Crippen LogP contribution in [-0.2, 0) is 6.54 Å². The Balaban J connectivity index is 2.01. The van der Waals surface area contributed by atoms with E-state index >= 15 is 0 Å². The second-order valence-electron chi connectivity index (χ2n) is 4.13. The second-order valence-corrected chi connectivity index (χ2v) is 5.15. The maximum Gasteiger partial charge on any atom is 0.299 e. The van der Waals surface area contributed by atoms with Gasteiger partial charge in [-0.1, -0.05) is 35.5 Å². The number of nitrogens with zero attached hydrogens (tertiary/aromatic N) is 2. The molecule has 2 rings (SSSR count). The largest absolute Gasteiger partial charge is 0.427 e. The smallest absolute Gasteiger partial charge is 0.299 e. The Morgan fingerprint density at radius 2 is 2.21 bits per heavy atom. The Morgan fingerprint density at radius 1 is 1.37 bits per heavy atom. The molecule has 1 N–H and O–H groups in total. The van der Waals surface area contributed by atoms with Gasteiger partial charge in [0, 0.05) is 6.54 Å². The molecule has 4 nitrogen and oxygen atoms in total. The van der Waals surface area contributed by atoms with Gasteiger partial charge >= 0.3 is 0 Å². The summed E-state index contributed by atoms with van der Waals surface area (Å²) >= 11 is 1.32. The predicted octanol–water partition coefficient (Wildman–Crippen LogP) is 3.28. The molecule has 0 amide bonds. The van der Waals surface area contributed by atoms with Gasteiger partial charge in [-0.15, -0.1) is 5.10 Å². The highest BCUT2D eigenvalue weighted by Gasteiger charge is 2.10. The summed E-state index contributed by atoms with van der Waals surface area (Å²) in [5.41, 5.74) is 0.548. The zero-order chi connectivity index (χ0) is 13.7. The fourth-order valence-corrected chi connectivity index (χ4v) is 2.19. The molecule has 0 unspecified atom stereocenters. The SMILES string of the molecule is CCCNCc1nnc(Oc2cccc(C)c2F)s1. The molecule has 0 aliphatic carbocycles. The molecule has 1 aromatic heterocycles. The van der Waals surface area contributed by atoms with Crippen LogP contribution < -0.4 is 10.1 Å². The van der Waals surface area contributed by atoms with E-state index in [4.69, 9.17) is 4.74 Å². The van der Waals surface area contributed by atoms with Gasteiger partial charge < -0.3 is 10.1 Å². The van der Waals surface area contributed by atoms with Crippen molar-refractivity contribution in [3.8, 4) is 10.9 Å². The van der Waals surface area contributed by atoms with Gasteiger partial charge in [0.2, 0.25) is 0 Å². The first-order valence-electron chi connectivity index (χ1n) is 6.16. The minimum atomic E-state index is -0.358. The molecule has 0 fully saturated rings. The number of aryl methyl sites for hydroxylation is 1. The third-order valence-electron chi connectivity index (χ3n) is 2.50. The molecular weight excluding hydrogens is 265 g/mol. The molecule has 19 heavy (non-hydrogen) atoms. The van der Waals surface area contributed by atoms with Crippen molar-refractivity contribution in [3.05, 3.63) is 34.6 Å². The highest BCUT2D eigenvalue weighted by molar-refractivity contribution is 7.13. The van der Waals surface area contributed by atoms with Gasteiger partial charge in [-0.2, -0.15) is 0 Å². The van der Waals surface area contributed by atoms with Crippen LogP contribution in [0.4, 0.5) is 4.39 Å². The van der Waals surface area contributed by atoms with Crippen molar-refractivity contribution in [1.29, 1.82) is 0 Å². The quantitative estimate of drug-likeness (QED) is 0.825. The normalized spacial score (nSPS) is 10.7. The lowest BCUT2D eigenvalue weighted by atomic mass is 10.2. The van der Waals surface area contributed by atoms with Crippen LogP contribution in [0.3, 0.4) is 0 Å². The molecule has 0 saturated carbocycles. The number of rotatable bonds is 6. The van der Waals surface area contributed by atoms with Gasteiger partial charge in [0.1, 0.15) is 5.01 Å². The third-order valence-corrected chi connectivity index (χ3v) is 3.31.